The molecular weight excluding hydrogens is 302 g/mol. The van der Waals surface area contributed by atoms with Gasteiger partial charge in [-0.3, -0.25) is 4.79 Å². The molecule has 0 aliphatic heterocycles. The van der Waals surface area contributed by atoms with Crippen molar-refractivity contribution in [3.63, 3.8) is 0 Å². The molecule has 2 rings (SSSR count). The third kappa shape index (κ3) is 4.33. The van der Waals surface area contributed by atoms with Gasteiger partial charge in [0.25, 0.3) is 5.91 Å². The van der Waals surface area contributed by atoms with Crippen LogP contribution in [-0.4, -0.2) is 20.6 Å². The number of carbonyl (C=O) groups excluding carboxylic acids is 1. The maximum atomic E-state index is 11.7. The van der Waals surface area contributed by atoms with E-state index in [1.807, 2.05) is 30.3 Å². The second-order valence-electron chi connectivity index (χ2n) is 4.93. The highest BCUT2D eigenvalue weighted by atomic mass is 32.2. The maximum absolute atomic E-state index is 11.7. The summed E-state index contributed by atoms with van der Waals surface area (Å²) in [7, 11) is -3.72. The summed E-state index contributed by atoms with van der Waals surface area (Å²) >= 11 is 0. The van der Waals surface area contributed by atoms with E-state index in [9.17, 15) is 13.2 Å². The predicted octanol–water partition coefficient (Wildman–Crippen LogP) is 1.91. The second kappa shape index (κ2) is 6.62. The van der Waals surface area contributed by atoms with Crippen LogP contribution < -0.4 is 9.92 Å². The molecule has 116 valence electrons. The first kappa shape index (κ1) is 16.0. The number of hydrogen-bond acceptors (Lipinski definition) is 4. The van der Waals surface area contributed by atoms with E-state index in [2.05, 4.69) is 0 Å². The number of amides is 1. The van der Waals surface area contributed by atoms with Crippen molar-refractivity contribution in [2.45, 2.75) is 12.8 Å². The summed E-state index contributed by atoms with van der Waals surface area (Å²) in [4.78, 5) is 11.7. The zero-order valence-electron chi connectivity index (χ0n) is 12.2. The van der Waals surface area contributed by atoms with Crippen LogP contribution in [0.4, 0.5) is 0 Å². The molecule has 0 atom stereocenters. The highest BCUT2D eigenvalue weighted by Gasteiger charge is 2.17. The van der Waals surface area contributed by atoms with E-state index in [1.165, 1.54) is 6.07 Å². The molecule has 2 aromatic rings. The predicted molar refractivity (Wildman–Crippen MR) is 84.3 cm³/mol. The fraction of sp³-hybridized carbons (Fsp3) is 0.188. The Morgan fingerprint density at radius 2 is 1.73 bits per heavy atom. The Morgan fingerprint density at radius 3 is 2.32 bits per heavy atom. The molecule has 0 aliphatic rings. The highest BCUT2D eigenvalue weighted by molar-refractivity contribution is 7.86. The van der Waals surface area contributed by atoms with Crippen molar-refractivity contribution in [2.75, 3.05) is 6.26 Å². The van der Waals surface area contributed by atoms with Crippen LogP contribution in [0.5, 0.6) is 5.75 Å². The van der Waals surface area contributed by atoms with Gasteiger partial charge in [-0.25, -0.2) is 0 Å². The third-order valence-corrected chi connectivity index (χ3v) is 3.61. The van der Waals surface area contributed by atoms with Crippen molar-refractivity contribution >= 4 is 16.0 Å². The molecule has 0 aliphatic carbocycles. The van der Waals surface area contributed by atoms with Crippen molar-refractivity contribution in [1.82, 2.24) is 0 Å². The fourth-order valence-electron chi connectivity index (χ4n) is 2.22. The van der Waals surface area contributed by atoms with Gasteiger partial charge in [0.05, 0.1) is 11.8 Å². The molecule has 1 amide bonds. The number of primary amides is 1. The molecule has 0 bridgehead atoms. The van der Waals surface area contributed by atoms with Crippen molar-refractivity contribution in [2.24, 2.45) is 5.73 Å². The van der Waals surface area contributed by atoms with Crippen molar-refractivity contribution in [3.05, 3.63) is 65.2 Å². The van der Waals surface area contributed by atoms with Gasteiger partial charge in [-0.2, -0.15) is 8.42 Å². The van der Waals surface area contributed by atoms with Crippen LogP contribution in [0.25, 0.3) is 0 Å². The number of rotatable bonds is 6. The SMILES string of the molecule is CS(=O)(=O)Oc1cccc(CCc2ccccc2)c1C(N)=O. The zero-order chi connectivity index (χ0) is 16.2. The van der Waals surface area contributed by atoms with E-state index in [1.54, 1.807) is 12.1 Å². The molecule has 0 radical (unpaired) electrons. The van der Waals surface area contributed by atoms with Gasteiger partial charge in [-0.05, 0) is 30.0 Å². The molecule has 2 N–H and O–H groups in total. The second-order valence-corrected chi connectivity index (χ2v) is 6.50. The van der Waals surface area contributed by atoms with Crippen molar-refractivity contribution in [1.29, 1.82) is 0 Å². The van der Waals surface area contributed by atoms with E-state index in [4.69, 9.17) is 9.92 Å². The summed E-state index contributed by atoms with van der Waals surface area (Å²) in [6.45, 7) is 0. The minimum atomic E-state index is -3.72. The summed E-state index contributed by atoms with van der Waals surface area (Å²) < 4.78 is 27.4. The van der Waals surface area contributed by atoms with Gasteiger partial charge in [-0.15, -0.1) is 0 Å². The van der Waals surface area contributed by atoms with Gasteiger partial charge in [0.15, 0.2) is 5.75 Å². The first-order valence-corrected chi connectivity index (χ1v) is 8.53. The molecule has 5 nitrogen and oxygen atoms in total. The topological polar surface area (TPSA) is 86.5 Å². The molecule has 2 aromatic carbocycles. The van der Waals surface area contributed by atoms with Crippen LogP contribution in [-0.2, 0) is 23.0 Å². The van der Waals surface area contributed by atoms with Crippen LogP contribution in [0.15, 0.2) is 48.5 Å². The van der Waals surface area contributed by atoms with Gasteiger partial charge in [-0.1, -0.05) is 42.5 Å². The average Bonchev–Trinajstić information content (AvgIpc) is 2.44. The summed E-state index contributed by atoms with van der Waals surface area (Å²) in [5, 5.41) is 0. The number of benzene rings is 2. The van der Waals surface area contributed by atoms with Gasteiger partial charge in [0.1, 0.15) is 0 Å². The first-order valence-electron chi connectivity index (χ1n) is 6.72. The summed E-state index contributed by atoms with van der Waals surface area (Å²) in [6.07, 6.45) is 2.20. The lowest BCUT2D eigenvalue weighted by molar-refractivity contribution is 0.0998. The maximum Gasteiger partial charge on any atom is 0.306 e. The number of carbonyl (C=O) groups is 1. The lowest BCUT2D eigenvalue weighted by Crippen LogP contribution is -2.18. The average molecular weight is 319 g/mol. The van der Waals surface area contributed by atoms with Crippen LogP contribution >= 0.6 is 0 Å². The van der Waals surface area contributed by atoms with Crippen LogP contribution in [0.1, 0.15) is 21.5 Å². The van der Waals surface area contributed by atoms with E-state index in [0.29, 0.717) is 18.4 Å². The molecule has 6 heteroatoms. The molecule has 0 spiro atoms. The molecule has 22 heavy (non-hydrogen) atoms. The van der Waals surface area contributed by atoms with Gasteiger partial charge >= 0.3 is 10.1 Å². The standard InChI is InChI=1S/C16H17NO4S/c1-22(19,20)21-14-9-5-8-13(15(14)16(17)18)11-10-12-6-3-2-4-7-12/h2-9H,10-11H2,1H3,(H2,17,18). The van der Waals surface area contributed by atoms with E-state index >= 15 is 0 Å². The minimum Gasteiger partial charge on any atom is -0.382 e. The van der Waals surface area contributed by atoms with Gasteiger partial charge in [0.2, 0.25) is 0 Å². The minimum absolute atomic E-state index is 0.0273. The van der Waals surface area contributed by atoms with E-state index in [0.717, 1.165) is 11.8 Å². The lowest BCUT2D eigenvalue weighted by Gasteiger charge is -2.12. The van der Waals surface area contributed by atoms with Crippen LogP contribution in [0, 0.1) is 0 Å². The molecule has 0 saturated heterocycles. The quantitative estimate of drug-likeness (QED) is 0.824. The lowest BCUT2D eigenvalue weighted by atomic mass is 9.99. The Hall–Kier alpha value is -2.34. The van der Waals surface area contributed by atoms with E-state index in [-0.39, 0.29) is 11.3 Å². The number of nitrogens with two attached hydrogens (primary N) is 1. The Bertz CT molecular complexity index is 770. The highest BCUT2D eigenvalue weighted by Crippen LogP contribution is 2.24. The Kier molecular flexibility index (Phi) is 4.82. The molecule has 0 fully saturated rings. The smallest absolute Gasteiger partial charge is 0.306 e. The van der Waals surface area contributed by atoms with Crippen LogP contribution in [0.3, 0.4) is 0 Å². The Balaban J connectivity index is 2.31. The summed E-state index contributed by atoms with van der Waals surface area (Å²) in [5.41, 5.74) is 7.29. The molecular formula is C16H17NO4S. The summed E-state index contributed by atoms with van der Waals surface area (Å²) in [5.74, 6) is -0.733. The van der Waals surface area contributed by atoms with E-state index < -0.39 is 16.0 Å². The number of aryl methyl sites for hydroxylation is 2. The molecule has 0 aromatic heterocycles. The fourth-order valence-corrected chi connectivity index (χ4v) is 2.69. The zero-order valence-corrected chi connectivity index (χ0v) is 13.0. The van der Waals surface area contributed by atoms with Crippen molar-refractivity contribution < 1.29 is 17.4 Å². The first-order chi connectivity index (χ1) is 10.4. The third-order valence-electron chi connectivity index (χ3n) is 3.13. The molecule has 0 unspecified atom stereocenters. The Morgan fingerprint density at radius 1 is 1.05 bits per heavy atom. The van der Waals surface area contributed by atoms with Gasteiger partial charge in [0, 0.05) is 0 Å². The van der Waals surface area contributed by atoms with Crippen molar-refractivity contribution in [3.8, 4) is 5.75 Å². The van der Waals surface area contributed by atoms with Gasteiger partial charge < -0.3 is 9.92 Å². The molecule has 0 saturated carbocycles. The molecule has 0 heterocycles. The summed E-state index contributed by atoms with van der Waals surface area (Å²) in [6, 6.07) is 14.6. The number of hydrogen-bond donors (Lipinski definition) is 1. The largest absolute Gasteiger partial charge is 0.382 e. The Labute approximate surface area is 129 Å². The van der Waals surface area contributed by atoms with Crippen LogP contribution in [0.2, 0.25) is 0 Å². The monoisotopic (exact) mass is 319 g/mol. The normalized spacial score (nSPS) is 11.1.